The number of hydrogen-bond acceptors (Lipinski definition) is 4. The molecule has 1 aliphatic heterocycles. The van der Waals surface area contributed by atoms with Gasteiger partial charge in [-0.3, -0.25) is 9.69 Å². The van der Waals surface area contributed by atoms with E-state index >= 15 is 0 Å². The van der Waals surface area contributed by atoms with Crippen LogP contribution in [0.5, 0.6) is 0 Å². The normalized spacial score (nSPS) is 16.8. The number of nitrogens with one attached hydrogen (secondary N) is 1. The molecule has 1 aliphatic rings. The Bertz CT molecular complexity index is 712. The number of benzene rings is 1. The Kier molecular flexibility index (Phi) is 6.62. The van der Waals surface area contributed by atoms with Crippen LogP contribution in [0.2, 0.25) is 5.02 Å². The minimum Gasteiger partial charge on any atom is -0.472 e. The van der Waals surface area contributed by atoms with Crippen LogP contribution in [-0.2, 0) is 4.79 Å². The Hall–Kier alpha value is -1.69. The zero-order chi connectivity index (χ0) is 17.5. The van der Waals surface area contributed by atoms with Gasteiger partial charge in [0.25, 0.3) is 0 Å². The van der Waals surface area contributed by atoms with Gasteiger partial charge in [0.2, 0.25) is 5.91 Å². The van der Waals surface area contributed by atoms with Crippen molar-refractivity contribution in [2.75, 3.05) is 31.1 Å². The fourth-order valence-electron chi connectivity index (χ4n) is 2.84. The lowest BCUT2D eigenvalue weighted by Gasteiger charge is -2.33. The van der Waals surface area contributed by atoms with E-state index in [0.29, 0.717) is 11.6 Å². The van der Waals surface area contributed by atoms with E-state index in [1.54, 1.807) is 18.6 Å². The summed E-state index contributed by atoms with van der Waals surface area (Å²) in [5.74, 6) is 2.11. The standard InChI is InChI=1S/C19H21ClN2O2S/c20-17-4-2-1-3-15(17)5-6-19(23)21-13-18(16-7-10-24-14-16)22-8-11-25-12-9-22/h1-7,10,14,18H,8-9,11-13H2,(H,21,23)/b6-5+/t18-/m0/s1. The van der Waals surface area contributed by atoms with Crippen LogP contribution in [0.4, 0.5) is 0 Å². The van der Waals surface area contributed by atoms with Gasteiger partial charge in [-0.15, -0.1) is 0 Å². The minimum atomic E-state index is -0.125. The number of thioether (sulfide) groups is 1. The Morgan fingerprint density at radius 3 is 2.84 bits per heavy atom. The van der Waals surface area contributed by atoms with Gasteiger partial charge in [0.15, 0.2) is 0 Å². The van der Waals surface area contributed by atoms with Gasteiger partial charge in [-0.05, 0) is 23.8 Å². The van der Waals surface area contributed by atoms with E-state index in [-0.39, 0.29) is 11.9 Å². The van der Waals surface area contributed by atoms with Gasteiger partial charge in [-0.1, -0.05) is 29.8 Å². The molecule has 2 heterocycles. The first-order valence-electron chi connectivity index (χ1n) is 8.28. The molecule has 0 aliphatic carbocycles. The van der Waals surface area contributed by atoms with Crippen LogP contribution in [0.1, 0.15) is 17.2 Å². The number of nitrogens with zero attached hydrogens (tertiary/aromatic N) is 1. The van der Waals surface area contributed by atoms with Crippen molar-refractivity contribution in [2.45, 2.75) is 6.04 Å². The van der Waals surface area contributed by atoms with Crippen molar-refractivity contribution in [3.05, 3.63) is 65.1 Å². The van der Waals surface area contributed by atoms with Crippen molar-refractivity contribution in [1.29, 1.82) is 0 Å². The summed E-state index contributed by atoms with van der Waals surface area (Å²) in [5.41, 5.74) is 1.93. The number of rotatable bonds is 6. The van der Waals surface area contributed by atoms with Gasteiger partial charge in [0.1, 0.15) is 0 Å². The van der Waals surface area contributed by atoms with E-state index in [2.05, 4.69) is 10.2 Å². The summed E-state index contributed by atoms with van der Waals surface area (Å²) in [4.78, 5) is 14.6. The van der Waals surface area contributed by atoms with E-state index in [1.807, 2.05) is 42.1 Å². The number of amides is 1. The lowest BCUT2D eigenvalue weighted by atomic mass is 10.1. The largest absolute Gasteiger partial charge is 0.472 e. The molecule has 3 rings (SSSR count). The summed E-state index contributed by atoms with van der Waals surface area (Å²) in [7, 11) is 0. The second-order valence-corrected chi connectivity index (χ2v) is 7.45. The summed E-state index contributed by atoms with van der Waals surface area (Å²) in [6.07, 6.45) is 6.71. The summed E-state index contributed by atoms with van der Waals surface area (Å²) in [6.45, 7) is 2.59. The summed E-state index contributed by atoms with van der Waals surface area (Å²) >= 11 is 8.07. The maximum absolute atomic E-state index is 12.2. The molecule has 6 heteroatoms. The van der Waals surface area contributed by atoms with Crippen LogP contribution in [-0.4, -0.2) is 41.9 Å². The Labute approximate surface area is 157 Å². The van der Waals surface area contributed by atoms with Crippen LogP contribution in [0, 0.1) is 0 Å². The van der Waals surface area contributed by atoms with E-state index < -0.39 is 0 Å². The van der Waals surface area contributed by atoms with Crippen LogP contribution < -0.4 is 5.32 Å². The summed E-state index contributed by atoms with van der Waals surface area (Å²) in [6, 6.07) is 9.56. The van der Waals surface area contributed by atoms with Gasteiger partial charge in [-0.25, -0.2) is 0 Å². The van der Waals surface area contributed by atoms with E-state index in [9.17, 15) is 4.79 Å². The maximum atomic E-state index is 12.2. The van der Waals surface area contributed by atoms with Gasteiger partial charge < -0.3 is 9.73 Å². The Morgan fingerprint density at radius 1 is 1.32 bits per heavy atom. The third-order valence-corrected chi connectivity index (χ3v) is 5.49. The smallest absolute Gasteiger partial charge is 0.244 e. The number of carbonyl (C=O) groups excluding carboxylic acids is 1. The molecule has 4 nitrogen and oxygen atoms in total. The molecular weight excluding hydrogens is 356 g/mol. The predicted octanol–water partition coefficient (Wildman–Crippen LogP) is 3.85. The van der Waals surface area contributed by atoms with Crippen LogP contribution >= 0.6 is 23.4 Å². The van der Waals surface area contributed by atoms with E-state index in [0.717, 1.165) is 35.7 Å². The first-order valence-corrected chi connectivity index (χ1v) is 9.81. The van der Waals surface area contributed by atoms with Crippen LogP contribution in [0.25, 0.3) is 6.08 Å². The Balaban J connectivity index is 1.60. The number of hydrogen-bond donors (Lipinski definition) is 1. The molecule has 1 amide bonds. The van der Waals surface area contributed by atoms with Crippen molar-refractivity contribution in [2.24, 2.45) is 0 Å². The second-order valence-electron chi connectivity index (χ2n) is 5.82. The highest BCUT2D eigenvalue weighted by atomic mass is 35.5. The summed E-state index contributed by atoms with van der Waals surface area (Å²) in [5, 5.41) is 3.63. The zero-order valence-corrected chi connectivity index (χ0v) is 15.4. The molecule has 1 aromatic heterocycles. The predicted molar refractivity (Wildman–Crippen MR) is 104 cm³/mol. The number of furan rings is 1. The first-order chi connectivity index (χ1) is 12.2. The highest BCUT2D eigenvalue weighted by molar-refractivity contribution is 7.99. The summed E-state index contributed by atoms with van der Waals surface area (Å²) < 4.78 is 5.24. The molecule has 2 aromatic rings. The fourth-order valence-corrected chi connectivity index (χ4v) is 3.97. The molecule has 25 heavy (non-hydrogen) atoms. The lowest BCUT2D eigenvalue weighted by molar-refractivity contribution is -0.116. The molecule has 132 valence electrons. The molecule has 0 spiro atoms. The molecular formula is C19H21ClN2O2S. The molecule has 0 bridgehead atoms. The SMILES string of the molecule is O=C(/C=C/c1ccccc1Cl)NC[C@@H](c1ccoc1)N1CCSCC1. The molecule has 0 radical (unpaired) electrons. The average Bonchev–Trinajstić information content (AvgIpc) is 3.16. The van der Waals surface area contributed by atoms with Crippen molar-refractivity contribution >= 4 is 35.3 Å². The molecule has 0 saturated carbocycles. The van der Waals surface area contributed by atoms with Crippen LogP contribution in [0.15, 0.2) is 53.4 Å². The number of halogens is 1. The molecule has 1 fully saturated rings. The minimum absolute atomic E-state index is 0.125. The third kappa shape index (κ3) is 5.14. The van der Waals surface area contributed by atoms with Crippen molar-refractivity contribution in [3.63, 3.8) is 0 Å². The van der Waals surface area contributed by atoms with E-state index in [4.69, 9.17) is 16.0 Å². The van der Waals surface area contributed by atoms with Crippen molar-refractivity contribution < 1.29 is 9.21 Å². The van der Waals surface area contributed by atoms with Crippen molar-refractivity contribution in [1.82, 2.24) is 10.2 Å². The maximum Gasteiger partial charge on any atom is 0.244 e. The van der Waals surface area contributed by atoms with Crippen LogP contribution in [0.3, 0.4) is 0 Å². The Morgan fingerprint density at radius 2 is 2.12 bits per heavy atom. The van der Waals surface area contributed by atoms with Gasteiger partial charge in [-0.2, -0.15) is 11.8 Å². The molecule has 1 atom stereocenters. The molecule has 1 N–H and O–H groups in total. The average molecular weight is 377 g/mol. The second kappa shape index (κ2) is 9.13. The van der Waals surface area contributed by atoms with Crippen molar-refractivity contribution in [3.8, 4) is 0 Å². The third-order valence-electron chi connectivity index (χ3n) is 4.20. The zero-order valence-electron chi connectivity index (χ0n) is 13.9. The topological polar surface area (TPSA) is 45.5 Å². The van der Waals surface area contributed by atoms with E-state index in [1.165, 1.54) is 6.08 Å². The molecule has 1 aromatic carbocycles. The van der Waals surface area contributed by atoms with Gasteiger partial charge in [0, 0.05) is 47.8 Å². The fraction of sp³-hybridized carbons (Fsp3) is 0.316. The monoisotopic (exact) mass is 376 g/mol. The van der Waals surface area contributed by atoms with Gasteiger partial charge >= 0.3 is 0 Å². The highest BCUT2D eigenvalue weighted by Gasteiger charge is 2.23. The highest BCUT2D eigenvalue weighted by Crippen LogP contribution is 2.24. The number of carbonyl (C=O) groups is 1. The first kappa shape index (κ1) is 18.1. The molecule has 0 unspecified atom stereocenters. The lowest BCUT2D eigenvalue weighted by Crippen LogP contribution is -2.41. The molecule has 1 saturated heterocycles. The quantitative estimate of drug-likeness (QED) is 0.778. The van der Waals surface area contributed by atoms with Gasteiger partial charge in [0.05, 0.1) is 18.6 Å².